The van der Waals surface area contributed by atoms with Gasteiger partial charge in [-0.2, -0.15) is 22.0 Å². The lowest BCUT2D eigenvalue weighted by Gasteiger charge is -2.20. The normalized spacial score (nSPS) is 14.0. The zero-order valence-corrected chi connectivity index (χ0v) is 17.2. The highest BCUT2D eigenvalue weighted by Gasteiger charge is 2.58. The molecule has 0 aliphatic heterocycles. The molecule has 0 aliphatic carbocycles. The van der Waals surface area contributed by atoms with Gasteiger partial charge in [0.05, 0.1) is 16.8 Å². The van der Waals surface area contributed by atoms with Crippen LogP contribution in [-0.4, -0.2) is 30.2 Å². The molecule has 0 amide bonds. The van der Waals surface area contributed by atoms with Crippen molar-refractivity contribution in [1.29, 1.82) is 0 Å². The van der Waals surface area contributed by atoms with Crippen LogP contribution in [-0.2, 0) is 4.74 Å². The van der Waals surface area contributed by atoms with Crippen LogP contribution in [0.15, 0.2) is 46.1 Å². The number of hydrogen-bond donors (Lipinski definition) is 0. The molecule has 2 aromatic rings. The molecule has 2 nitrogen and oxygen atoms in total. The summed E-state index contributed by atoms with van der Waals surface area (Å²) in [4.78, 5) is 6.30. The maximum absolute atomic E-state index is 13.0. The summed E-state index contributed by atoms with van der Waals surface area (Å²) in [6.07, 6.45) is -4.28. The molecule has 0 saturated carbocycles. The number of aliphatic imine (C=N–C) groups is 1. The number of nitrogens with zero attached hydrogens (tertiary/aromatic N) is 1. The van der Waals surface area contributed by atoms with E-state index in [0.717, 1.165) is 25.6 Å². The summed E-state index contributed by atoms with van der Waals surface area (Å²) >= 11 is 3.24. The molecule has 154 valence electrons. The van der Waals surface area contributed by atoms with E-state index in [9.17, 15) is 22.0 Å². The van der Waals surface area contributed by atoms with Crippen molar-refractivity contribution in [3.8, 4) is 0 Å². The van der Waals surface area contributed by atoms with E-state index in [-0.39, 0.29) is 12.2 Å². The molecule has 28 heavy (non-hydrogen) atoms. The monoisotopic (exact) mass is 437 g/mol. The molecule has 0 saturated heterocycles. The largest absolute Gasteiger partial charge is 0.490 e. The van der Waals surface area contributed by atoms with E-state index in [1.165, 1.54) is 6.20 Å². The van der Waals surface area contributed by atoms with E-state index in [1.54, 1.807) is 36.9 Å². The molecule has 0 spiro atoms. The Balaban J connectivity index is 2.26. The van der Waals surface area contributed by atoms with E-state index < -0.39 is 18.7 Å². The lowest BCUT2D eigenvalue weighted by molar-refractivity contribution is -0.294. The number of allylic oxidation sites excluding steroid dienone is 1. The molecule has 1 heterocycles. The summed E-state index contributed by atoms with van der Waals surface area (Å²) in [5.74, 6) is -4.07. The van der Waals surface area contributed by atoms with Crippen molar-refractivity contribution in [3.05, 3.63) is 41.1 Å². The minimum Gasteiger partial charge on any atom is -0.490 e. The molecule has 1 aromatic carbocycles. The standard InChI is InChI=1S/C19H20F5NOS2/c1-4-13(26-11-18(20,21)19(22,23)24)10-25-12(3)16-17(27-5-2)14-8-6-7-9-15(14)28-16/h6-10H,4-5,11H2,1-3H3/b13-10+,25-12+. The summed E-state index contributed by atoms with van der Waals surface area (Å²) in [7, 11) is 0. The molecule has 2 rings (SSSR count). The Morgan fingerprint density at radius 3 is 2.46 bits per heavy atom. The van der Waals surface area contributed by atoms with Gasteiger partial charge in [0.15, 0.2) is 6.61 Å². The SMILES string of the molecule is CCSc1c(/C(C)=N/C=C(\CC)OCC(F)(F)C(F)(F)F)sc2ccccc12. The van der Waals surface area contributed by atoms with Gasteiger partial charge >= 0.3 is 12.1 Å². The number of thioether (sulfide) groups is 1. The van der Waals surface area contributed by atoms with Gasteiger partial charge in [0.2, 0.25) is 0 Å². The third-order valence-corrected chi connectivity index (χ3v) is 6.18. The fourth-order valence-electron chi connectivity index (χ4n) is 2.27. The first-order valence-electron chi connectivity index (χ1n) is 8.56. The first kappa shape index (κ1) is 22.7. The Kier molecular flexibility index (Phi) is 7.50. The highest BCUT2D eigenvalue weighted by atomic mass is 32.2. The van der Waals surface area contributed by atoms with Gasteiger partial charge in [-0.3, -0.25) is 4.99 Å². The third kappa shape index (κ3) is 5.26. The summed E-state index contributed by atoms with van der Waals surface area (Å²) in [5.41, 5.74) is 0.647. The number of rotatable bonds is 8. The number of ether oxygens (including phenoxy) is 1. The summed E-state index contributed by atoms with van der Waals surface area (Å²) in [6.45, 7) is 3.65. The fourth-order valence-corrected chi connectivity index (χ4v) is 4.59. The number of fused-ring (bicyclic) bond motifs is 1. The molecule has 1 aromatic heterocycles. The molecular weight excluding hydrogens is 417 g/mol. The summed E-state index contributed by atoms with van der Waals surface area (Å²) in [5, 5.41) is 1.12. The van der Waals surface area contributed by atoms with Crippen molar-refractivity contribution < 1.29 is 26.7 Å². The van der Waals surface area contributed by atoms with Crippen LogP contribution in [0, 0.1) is 0 Å². The fraction of sp³-hybridized carbons (Fsp3) is 0.421. The average molecular weight is 437 g/mol. The van der Waals surface area contributed by atoms with Crippen LogP contribution in [0.3, 0.4) is 0 Å². The predicted molar refractivity (Wildman–Crippen MR) is 106 cm³/mol. The molecule has 0 fully saturated rings. The van der Waals surface area contributed by atoms with Crippen LogP contribution in [0.5, 0.6) is 0 Å². The van der Waals surface area contributed by atoms with Crippen LogP contribution in [0.1, 0.15) is 32.1 Å². The van der Waals surface area contributed by atoms with Crippen LogP contribution in [0.4, 0.5) is 22.0 Å². The first-order chi connectivity index (χ1) is 13.1. The third-order valence-electron chi connectivity index (χ3n) is 3.77. The topological polar surface area (TPSA) is 21.6 Å². The van der Waals surface area contributed by atoms with Gasteiger partial charge in [-0.25, -0.2) is 0 Å². The molecule has 0 unspecified atom stereocenters. The van der Waals surface area contributed by atoms with Crippen LogP contribution in [0.2, 0.25) is 0 Å². The minimum absolute atomic E-state index is 0.0333. The van der Waals surface area contributed by atoms with Crippen molar-refractivity contribution >= 4 is 38.9 Å². The van der Waals surface area contributed by atoms with E-state index in [0.29, 0.717) is 5.71 Å². The van der Waals surface area contributed by atoms with Gasteiger partial charge in [-0.05, 0) is 18.7 Å². The van der Waals surface area contributed by atoms with Gasteiger partial charge in [-0.1, -0.05) is 32.0 Å². The molecule has 0 aliphatic rings. The lowest BCUT2D eigenvalue weighted by atomic mass is 10.2. The number of thiophene rings is 1. The van der Waals surface area contributed by atoms with Gasteiger partial charge in [0, 0.05) is 21.4 Å². The van der Waals surface area contributed by atoms with Crippen LogP contribution < -0.4 is 0 Å². The summed E-state index contributed by atoms with van der Waals surface area (Å²) < 4.78 is 68.6. The second-order valence-electron chi connectivity index (χ2n) is 5.84. The van der Waals surface area contributed by atoms with Gasteiger partial charge in [-0.15, -0.1) is 23.1 Å². The van der Waals surface area contributed by atoms with Crippen molar-refractivity contribution in [2.24, 2.45) is 4.99 Å². The van der Waals surface area contributed by atoms with E-state index in [1.807, 2.05) is 31.2 Å². The maximum atomic E-state index is 13.0. The van der Waals surface area contributed by atoms with Gasteiger partial charge < -0.3 is 4.74 Å². The van der Waals surface area contributed by atoms with Crippen molar-refractivity contribution in [2.75, 3.05) is 12.4 Å². The second kappa shape index (κ2) is 9.26. The predicted octanol–water partition coefficient (Wildman–Crippen LogP) is 7.29. The number of benzene rings is 1. The Hall–Kier alpha value is -1.61. The Morgan fingerprint density at radius 1 is 1.18 bits per heavy atom. The second-order valence-corrected chi connectivity index (χ2v) is 8.17. The lowest BCUT2D eigenvalue weighted by Crippen LogP contribution is -2.40. The zero-order valence-electron chi connectivity index (χ0n) is 15.6. The molecule has 0 atom stereocenters. The highest BCUT2D eigenvalue weighted by molar-refractivity contribution is 7.99. The molecule has 9 heteroatoms. The highest BCUT2D eigenvalue weighted by Crippen LogP contribution is 2.39. The Labute approximate surface area is 168 Å². The maximum Gasteiger partial charge on any atom is 0.456 e. The molecule has 0 radical (unpaired) electrons. The molecule has 0 N–H and O–H groups in total. The summed E-state index contributed by atoms with van der Waals surface area (Å²) in [6, 6.07) is 7.93. The van der Waals surface area contributed by atoms with E-state index in [2.05, 4.69) is 9.73 Å². The van der Waals surface area contributed by atoms with Crippen LogP contribution >= 0.6 is 23.1 Å². The molecular formula is C19H20F5NOS2. The first-order valence-corrected chi connectivity index (χ1v) is 10.4. The van der Waals surface area contributed by atoms with Crippen LogP contribution in [0.25, 0.3) is 10.1 Å². The average Bonchev–Trinajstić information content (AvgIpc) is 3.00. The smallest absolute Gasteiger partial charge is 0.456 e. The van der Waals surface area contributed by atoms with Gasteiger partial charge in [0.25, 0.3) is 0 Å². The van der Waals surface area contributed by atoms with Gasteiger partial charge in [0.1, 0.15) is 5.76 Å². The van der Waals surface area contributed by atoms with Crippen molar-refractivity contribution in [3.63, 3.8) is 0 Å². The zero-order chi connectivity index (χ0) is 20.9. The Morgan fingerprint density at radius 2 is 1.86 bits per heavy atom. The quantitative estimate of drug-likeness (QED) is 0.187. The minimum atomic E-state index is -5.64. The van der Waals surface area contributed by atoms with E-state index >= 15 is 0 Å². The number of alkyl halides is 5. The molecule has 0 bridgehead atoms. The van der Waals surface area contributed by atoms with Crippen molar-refractivity contribution in [2.45, 2.75) is 44.2 Å². The van der Waals surface area contributed by atoms with E-state index in [4.69, 9.17) is 0 Å². The van der Waals surface area contributed by atoms with Crippen molar-refractivity contribution in [1.82, 2.24) is 0 Å². The Bertz CT molecular complexity index is 871. The number of hydrogen-bond acceptors (Lipinski definition) is 4. The number of halogens is 5.